The first-order valence-electron chi connectivity index (χ1n) is 4.34. The Morgan fingerprint density at radius 2 is 2.29 bits per heavy atom. The predicted octanol–water partition coefficient (Wildman–Crippen LogP) is 0.561. The van der Waals surface area contributed by atoms with E-state index in [0.29, 0.717) is 0 Å². The molecule has 0 heterocycles. The van der Waals surface area contributed by atoms with Crippen molar-refractivity contribution < 1.29 is 14.6 Å². The smallest absolute Gasteiger partial charge is 0.407 e. The van der Waals surface area contributed by atoms with Crippen molar-refractivity contribution in [3.8, 4) is 0 Å². The summed E-state index contributed by atoms with van der Waals surface area (Å²) in [5, 5.41) is 17.9. The third-order valence-corrected chi connectivity index (χ3v) is 1.29. The van der Waals surface area contributed by atoms with E-state index in [9.17, 15) is 4.79 Å². The second-order valence-electron chi connectivity index (χ2n) is 3.86. The molecular formula is C8H16BN2O3. The zero-order valence-corrected chi connectivity index (χ0v) is 8.70. The molecule has 0 aliphatic carbocycles. The Morgan fingerprint density at radius 1 is 1.71 bits per heavy atom. The van der Waals surface area contributed by atoms with Gasteiger partial charge in [-0.15, -0.1) is 0 Å². The molecule has 0 saturated carbocycles. The van der Waals surface area contributed by atoms with Crippen LogP contribution in [0.3, 0.4) is 0 Å². The first kappa shape index (κ1) is 13.0. The number of carbonyl (C=O) groups excluding carboxylic acids is 1. The minimum Gasteiger partial charge on any atom is -0.453 e. The van der Waals surface area contributed by atoms with Gasteiger partial charge in [0.1, 0.15) is 5.60 Å². The van der Waals surface area contributed by atoms with Crippen molar-refractivity contribution in [2.45, 2.75) is 32.2 Å². The molecule has 1 radical (unpaired) electrons. The minimum atomic E-state index is -0.550. The number of hydrogen-bond acceptors (Lipinski definition) is 4. The molecule has 0 aliphatic rings. The van der Waals surface area contributed by atoms with Crippen LogP contribution in [0.25, 0.3) is 0 Å². The summed E-state index contributed by atoms with van der Waals surface area (Å²) in [6.07, 6.45) is 0.489. The fourth-order valence-corrected chi connectivity index (χ4v) is 0.670. The zero-order valence-electron chi connectivity index (χ0n) is 8.70. The molecule has 0 rings (SSSR count). The summed E-state index contributed by atoms with van der Waals surface area (Å²) in [6, 6.07) is 0. The summed E-state index contributed by atoms with van der Waals surface area (Å²) < 4.78 is 4.96. The molecule has 1 unspecified atom stereocenters. The molecule has 0 fully saturated rings. The Hall–Kier alpha value is -1.04. The predicted molar refractivity (Wildman–Crippen MR) is 54.7 cm³/mol. The van der Waals surface area contributed by atoms with Gasteiger partial charge in [0.15, 0.2) is 0 Å². The van der Waals surface area contributed by atoms with Crippen molar-refractivity contribution in [1.82, 2.24) is 5.32 Å². The highest BCUT2D eigenvalue weighted by Crippen LogP contribution is 2.06. The quantitative estimate of drug-likeness (QED) is 0.457. The van der Waals surface area contributed by atoms with E-state index in [0.717, 1.165) is 13.7 Å². The van der Waals surface area contributed by atoms with Crippen molar-refractivity contribution in [3.05, 3.63) is 0 Å². The van der Waals surface area contributed by atoms with Crippen LogP contribution in [0.5, 0.6) is 0 Å². The molecule has 0 aromatic rings. The van der Waals surface area contributed by atoms with E-state index in [1.165, 1.54) is 0 Å². The van der Waals surface area contributed by atoms with Gasteiger partial charge in [-0.1, -0.05) is 0 Å². The molecule has 14 heavy (non-hydrogen) atoms. The largest absolute Gasteiger partial charge is 0.453 e. The first-order valence-corrected chi connectivity index (χ1v) is 4.34. The molecule has 0 aromatic carbocycles. The third-order valence-electron chi connectivity index (χ3n) is 1.29. The van der Waals surface area contributed by atoms with Gasteiger partial charge in [0.05, 0.1) is 0 Å². The van der Waals surface area contributed by atoms with Gasteiger partial charge in [0.25, 0.3) is 7.48 Å². The minimum absolute atomic E-state index is 0.162. The Labute approximate surface area is 84.6 Å². The molecule has 0 aromatic heterocycles. The van der Waals surface area contributed by atoms with E-state index < -0.39 is 17.5 Å². The van der Waals surface area contributed by atoms with Gasteiger partial charge in [0.2, 0.25) is 0 Å². The lowest BCUT2D eigenvalue weighted by atomic mass is 9.82. The molecule has 0 bridgehead atoms. The summed E-state index contributed by atoms with van der Waals surface area (Å²) in [6.45, 7) is 5.45. The normalized spacial score (nSPS) is 12.9. The van der Waals surface area contributed by atoms with Crippen molar-refractivity contribution in [3.63, 3.8) is 0 Å². The van der Waals surface area contributed by atoms with E-state index >= 15 is 0 Å². The highest BCUT2D eigenvalue weighted by atomic mass is 16.6. The monoisotopic (exact) mass is 199 g/mol. The second kappa shape index (κ2) is 5.64. The maximum absolute atomic E-state index is 11.1. The summed E-state index contributed by atoms with van der Waals surface area (Å²) in [7, 11) is 0.852. The van der Waals surface area contributed by atoms with Crippen molar-refractivity contribution in [2.24, 2.45) is 0 Å². The molecule has 3 N–H and O–H groups in total. The van der Waals surface area contributed by atoms with Crippen LogP contribution < -0.4 is 5.32 Å². The highest BCUT2D eigenvalue weighted by molar-refractivity contribution is 6.33. The van der Waals surface area contributed by atoms with Crippen molar-refractivity contribution >= 4 is 19.8 Å². The molecule has 6 heteroatoms. The summed E-state index contributed by atoms with van der Waals surface area (Å²) >= 11 is 0. The first-order chi connectivity index (χ1) is 6.39. The van der Waals surface area contributed by atoms with Crippen LogP contribution in [-0.4, -0.2) is 37.0 Å². The van der Waals surface area contributed by atoms with Gasteiger partial charge in [0, 0.05) is 12.4 Å². The van der Waals surface area contributed by atoms with Gasteiger partial charge >= 0.3 is 6.09 Å². The maximum Gasteiger partial charge on any atom is 0.407 e. The van der Waals surface area contributed by atoms with Crippen LogP contribution in [0.15, 0.2) is 0 Å². The third kappa shape index (κ3) is 6.48. The van der Waals surface area contributed by atoms with E-state index in [-0.39, 0.29) is 6.54 Å². The molecule has 79 valence electrons. The number of ether oxygens (including phenoxy) is 1. The maximum atomic E-state index is 11.1. The van der Waals surface area contributed by atoms with Crippen LogP contribution in [0.1, 0.15) is 20.8 Å². The van der Waals surface area contributed by atoms with E-state index in [2.05, 4.69) is 5.32 Å². The number of nitrogens with one attached hydrogen (secondary N) is 2. The lowest BCUT2D eigenvalue weighted by molar-refractivity contribution is 0.0529. The molecule has 0 spiro atoms. The Morgan fingerprint density at radius 3 is 2.64 bits per heavy atom. The summed E-state index contributed by atoms with van der Waals surface area (Å²) in [5.41, 5.74) is -0.535. The molecule has 0 saturated heterocycles. The molecule has 1 atom stereocenters. The van der Waals surface area contributed by atoms with Gasteiger partial charge in [-0.3, -0.25) is 0 Å². The SMILES string of the molecule is CC(C)(C)OC(=O)NCC([B]O)C=N. The van der Waals surface area contributed by atoms with Crippen LogP contribution in [0, 0.1) is 5.41 Å². The van der Waals surface area contributed by atoms with Crippen molar-refractivity contribution in [2.75, 3.05) is 6.54 Å². The number of amides is 1. The van der Waals surface area contributed by atoms with Crippen molar-refractivity contribution in [1.29, 1.82) is 5.41 Å². The van der Waals surface area contributed by atoms with Gasteiger partial charge in [-0.05, 0) is 27.0 Å². The summed E-state index contributed by atoms with van der Waals surface area (Å²) in [4.78, 5) is 11.1. The number of hydrogen-bond donors (Lipinski definition) is 3. The lowest BCUT2D eigenvalue weighted by Crippen LogP contribution is -2.35. The van der Waals surface area contributed by atoms with Gasteiger partial charge in [-0.2, -0.15) is 0 Å². The molecule has 5 nitrogen and oxygen atoms in total. The number of carbonyl (C=O) groups is 1. The fraction of sp³-hybridized carbons (Fsp3) is 0.750. The number of rotatable bonds is 4. The summed E-state index contributed by atoms with van der Waals surface area (Å²) in [5.74, 6) is -0.470. The van der Waals surface area contributed by atoms with E-state index in [1.54, 1.807) is 20.8 Å². The fourth-order valence-electron chi connectivity index (χ4n) is 0.670. The van der Waals surface area contributed by atoms with Crippen LogP contribution in [0.4, 0.5) is 4.79 Å². The Kier molecular flexibility index (Phi) is 5.23. The average Bonchev–Trinajstić information content (AvgIpc) is 2.03. The molecular weight excluding hydrogens is 183 g/mol. The highest BCUT2D eigenvalue weighted by Gasteiger charge is 2.16. The van der Waals surface area contributed by atoms with E-state index in [1.807, 2.05) is 0 Å². The zero-order chi connectivity index (χ0) is 11.2. The molecule has 0 aliphatic heterocycles. The van der Waals surface area contributed by atoms with Gasteiger partial charge < -0.3 is 20.5 Å². The second-order valence-corrected chi connectivity index (χ2v) is 3.86. The Bertz CT molecular complexity index is 203. The molecule has 1 amide bonds. The standard InChI is InChI=1S/C8H16BN2O3/c1-8(2,3)14-7(12)11-5-6(4-10)9-13/h4,6,10,13H,5H2,1-3H3,(H,11,12). The van der Waals surface area contributed by atoms with Crippen LogP contribution in [-0.2, 0) is 4.74 Å². The number of alkyl carbamates (subject to hydrolysis) is 1. The topological polar surface area (TPSA) is 82.4 Å². The average molecular weight is 199 g/mol. The Balaban J connectivity index is 3.79. The van der Waals surface area contributed by atoms with Crippen LogP contribution in [0.2, 0.25) is 5.82 Å². The van der Waals surface area contributed by atoms with Gasteiger partial charge in [-0.25, -0.2) is 4.79 Å². The van der Waals surface area contributed by atoms with E-state index in [4.69, 9.17) is 15.2 Å². The lowest BCUT2D eigenvalue weighted by Gasteiger charge is -2.20. The van der Waals surface area contributed by atoms with Crippen LogP contribution >= 0.6 is 0 Å².